The Kier molecular flexibility index (Phi) is 5.36. The van der Waals surface area contributed by atoms with Crippen LogP contribution in [0.15, 0.2) is 22.7 Å². The maximum Gasteiger partial charge on any atom is 0.0992 e. The summed E-state index contributed by atoms with van der Waals surface area (Å²) in [5.41, 5.74) is 1.69. The predicted octanol–water partition coefficient (Wildman–Crippen LogP) is 2.78. The molecule has 0 spiro atoms. The van der Waals surface area contributed by atoms with Gasteiger partial charge in [-0.1, -0.05) is 15.9 Å². The van der Waals surface area contributed by atoms with Gasteiger partial charge in [-0.15, -0.1) is 0 Å². The molecule has 0 bridgehead atoms. The Labute approximate surface area is 121 Å². The van der Waals surface area contributed by atoms with Crippen LogP contribution in [0.2, 0.25) is 0 Å². The van der Waals surface area contributed by atoms with E-state index in [1.807, 2.05) is 30.0 Å². The number of anilines is 1. The van der Waals surface area contributed by atoms with Crippen LogP contribution < -0.4 is 5.32 Å². The summed E-state index contributed by atoms with van der Waals surface area (Å²) in [6, 6.07) is 7.88. The lowest BCUT2D eigenvalue weighted by Crippen LogP contribution is -2.36. The first-order valence-corrected chi connectivity index (χ1v) is 7.97. The lowest BCUT2D eigenvalue weighted by molar-refractivity contribution is 0.314. The van der Waals surface area contributed by atoms with Gasteiger partial charge in [0.25, 0.3) is 0 Å². The van der Waals surface area contributed by atoms with E-state index < -0.39 is 0 Å². The topological polar surface area (TPSA) is 39.1 Å². The average Bonchev–Trinajstić information content (AvgIpc) is 2.39. The van der Waals surface area contributed by atoms with Crippen LogP contribution in [0.25, 0.3) is 0 Å². The summed E-state index contributed by atoms with van der Waals surface area (Å²) in [4.78, 5) is 2.48. The van der Waals surface area contributed by atoms with E-state index in [1.165, 1.54) is 24.6 Å². The lowest BCUT2D eigenvalue weighted by atomic mass is 10.2. The molecule has 2 rings (SSSR count). The Morgan fingerprint density at radius 3 is 2.83 bits per heavy atom. The molecule has 1 N–H and O–H groups in total. The van der Waals surface area contributed by atoms with Crippen LogP contribution in [0, 0.1) is 11.3 Å². The maximum atomic E-state index is 8.91. The number of hydrogen-bond donors (Lipinski definition) is 1. The van der Waals surface area contributed by atoms with Crippen molar-refractivity contribution >= 4 is 33.4 Å². The second-order valence-electron chi connectivity index (χ2n) is 4.22. The molecule has 0 unspecified atom stereocenters. The van der Waals surface area contributed by atoms with E-state index in [9.17, 15) is 0 Å². The van der Waals surface area contributed by atoms with Crippen LogP contribution in [0.1, 0.15) is 5.56 Å². The molecule has 0 atom stereocenters. The zero-order chi connectivity index (χ0) is 12.8. The Hall–Kier alpha value is -0.700. The molecule has 96 valence electrons. The van der Waals surface area contributed by atoms with Crippen molar-refractivity contribution in [3.63, 3.8) is 0 Å². The number of nitriles is 1. The molecule has 0 saturated carbocycles. The fourth-order valence-corrected chi connectivity index (χ4v) is 3.41. The van der Waals surface area contributed by atoms with Gasteiger partial charge in [-0.05, 0) is 18.2 Å². The molecule has 1 saturated heterocycles. The van der Waals surface area contributed by atoms with Crippen molar-refractivity contribution in [1.29, 1.82) is 5.26 Å². The van der Waals surface area contributed by atoms with Gasteiger partial charge in [0.05, 0.1) is 11.6 Å². The molecule has 0 radical (unpaired) electrons. The minimum absolute atomic E-state index is 0.682. The molecule has 0 amide bonds. The van der Waals surface area contributed by atoms with Crippen LogP contribution in [0.3, 0.4) is 0 Å². The van der Waals surface area contributed by atoms with Crippen molar-refractivity contribution in [2.45, 2.75) is 0 Å². The molecule has 1 aromatic rings. The number of nitrogens with one attached hydrogen (secondary N) is 1. The summed E-state index contributed by atoms with van der Waals surface area (Å²) in [6.45, 7) is 4.36. The van der Waals surface area contributed by atoms with E-state index in [2.05, 4.69) is 32.2 Å². The molecule has 1 fully saturated rings. The summed E-state index contributed by atoms with van der Waals surface area (Å²) in [5.74, 6) is 2.49. The first-order chi connectivity index (χ1) is 8.78. The van der Waals surface area contributed by atoms with E-state index >= 15 is 0 Å². The molecule has 18 heavy (non-hydrogen) atoms. The van der Waals surface area contributed by atoms with E-state index in [0.717, 1.165) is 23.2 Å². The third kappa shape index (κ3) is 4.20. The van der Waals surface area contributed by atoms with E-state index in [1.54, 1.807) is 0 Å². The molecule has 1 aliphatic heterocycles. The zero-order valence-corrected chi connectivity index (χ0v) is 12.6. The number of hydrogen-bond acceptors (Lipinski definition) is 4. The second-order valence-corrected chi connectivity index (χ2v) is 6.36. The first-order valence-electron chi connectivity index (χ1n) is 6.02. The van der Waals surface area contributed by atoms with Crippen LogP contribution in [0.5, 0.6) is 0 Å². The third-order valence-corrected chi connectivity index (χ3v) is 4.29. The highest BCUT2D eigenvalue weighted by atomic mass is 79.9. The molecule has 0 aliphatic carbocycles. The molecule has 1 aliphatic rings. The van der Waals surface area contributed by atoms with Crippen molar-refractivity contribution < 1.29 is 0 Å². The van der Waals surface area contributed by atoms with Gasteiger partial charge in [0.1, 0.15) is 0 Å². The highest BCUT2D eigenvalue weighted by Gasteiger charge is 2.09. The van der Waals surface area contributed by atoms with E-state index in [0.29, 0.717) is 5.56 Å². The summed E-state index contributed by atoms with van der Waals surface area (Å²) < 4.78 is 0.943. The molecule has 5 heteroatoms. The molecule has 3 nitrogen and oxygen atoms in total. The number of benzene rings is 1. The number of rotatable bonds is 4. The highest BCUT2D eigenvalue weighted by molar-refractivity contribution is 9.10. The van der Waals surface area contributed by atoms with Gasteiger partial charge in [0.2, 0.25) is 0 Å². The van der Waals surface area contributed by atoms with Gasteiger partial charge >= 0.3 is 0 Å². The standard InChI is InChI=1S/C13H16BrN3S/c14-12-7-11(10-15)8-13(9-12)16-1-2-17-3-5-18-6-4-17/h7-9,16H,1-6H2. The fourth-order valence-electron chi connectivity index (χ4n) is 1.94. The largest absolute Gasteiger partial charge is 0.384 e. The minimum atomic E-state index is 0.682. The minimum Gasteiger partial charge on any atom is -0.384 e. The van der Waals surface area contributed by atoms with Gasteiger partial charge < -0.3 is 5.32 Å². The van der Waals surface area contributed by atoms with Crippen molar-refractivity contribution in [3.05, 3.63) is 28.2 Å². The average molecular weight is 326 g/mol. The van der Waals surface area contributed by atoms with Crippen molar-refractivity contribution in [2.24, 2.45) is 0 Å². The van der Waals surface area contributed by atoms with Gasteiger partial charge in [-0.3, -0.25) is 4.90 Å². The van der Waals surface area contributed by atoms with E-state index in [-0.39, 0.29) is 0 Å². The second kappa shape index (κ2) is 7.03. The van der Waals surface area contributed by atoms with Crippen LogP contribution in [0.4, 0.5) is 5.69 Å². The van der Waals surface area contributed by atoms with Crippen molar-refractivity contribution in [3.8, 4) is 6.07 Å². The van der Waals surface area contributed by atoms with Crippen LogP contribution in [-0.2, 0) is 0 Å². The molecule has 1 heterocycles. The lowest BCUT2D eigenvalue weighted by Gasteiger charge is -2.26. The Balaban J connectivity index is 1.82. The highest BCUT2D eigenvalue weighted by Crippen LogP contribution is 2.19. The Morgan fingerprint density at radius 1 is 1.33 bits per heavy atom. The molecule has 0 aromatic heterocycles. The molecular weight excluding hydrogens is 310 g/mol. The zero-order valence-electron chi connectivity index (χ0n) is 10.2. The van der Waals surface area contributed by atoms with Gasteiger partial charge in [-0.2, -0.15) is 17.0 Å². The number of halogens is 1. The third-order valence-electron chi connectivity index (χ3n) is 2.89. The van der Waals surface area contributed by atoms with Crippen molar-refractivity contribution in [2.75, 3.05) is 43.0 Å². The molecular formula is C13H16BrN3S. The monoisotopic (exact) mass is 325 g/mol. The summed E-state index contributed by atoms with van der Waals surface area (Å²) in [5, 5.41) is 12.3. The number of thioether (sulfide) groups is 1. The predicted molar refractivity (Wildman–Crippen MR) is 81.1 cm³/mol. The number of nitrogens with zero attached hydrogens (tertiary/aromatic N) is 2. The van der Waals surface area contributed by atoms with Crippen LogP contribution >= 0.6 is 27.7 Å². The Bertz CT molecular complexity index is 438. The van der Waals surface area contributed by atoms with Crippen LogP contribution in [-0.4, -0.2) is 42.6 Å². The maximum absolute atomic E-state index is 8.91. The van der Waals surface area contributed by atoms with Gasteiger partial charge in [-0.25, -0.2) is 0 Å². The smallest absolute Gasteiger partial charge is 0.0992 e. The van der Waals surface area contributed by atoms with Gasteiger partial charge in [0, 0.05) is 47.8 Å². The fraction of sp³-hybridized carbons (Fsp3) is 0.462. The summed E-state index contributed by atoms with van der Waals surface area (Å²) in [6.07, 6.45) is 0. The SMILES string of the molecule is N#Cc1cc(Br)cc(NCCN2CCSCC2)c1. The summed E-state index contributed by atoms with van der Waals surface area (Å²) >= 11 is 5.45. The normalized spacial score (nSPS) is 16.2. The quantitative estimate of drug-likeness (QED) is 0.923. The van der Waals surface area contributed by atoms with Crippen molar-refractivity contribution in [1.82, 2.24) is 4.90 Å². The molecule has 1 aromatic carbocycles. The van der Waals surface area contributed by atoms with E-state index in [4.69, 9.17) is 5.26 Å². The first kappa shape index (κ1) is 13.7. The summed E-state index contributed by atoms with van der Waals surface area (Å²) in [7, 11) is 0. The van der Waals surface area contributed by atoms with Gasteiger partial charge in [0.15, 0.2) is 0 Å². The Morgan fingerprint density at radius 2 is 2.11 bits per heavy atom.